The number of aromatic nitrogens is 2. The van der Waals surface area contributed by atoms with E-state index in [0.29, 0.717) is 41.0 Å². The topological polar surface area (TPSA) is 59.2 Å². The average molecular weight is 356 g/mol. The highest BCUT2D eigenvalue weighted by molar-refractivity contribution is 6.30. The van der Waals surface area contributed by atoms with Gasteiger partial charge in [0.25, 0.3) is 11.8 Å². The lowest BCUT2D eigenvalue weighted by molar-refractivity contribution is 0.0773. The summed E-state index contributed by atoms with van der Waals surface area (Å²) in [7, 11) is 0. The van der Waals surface area contributed by atoms with Crippen LogP contribution in [0.1, 0.15) is 24.2 Å². The molecule has 3 aromatic rings. The van der Waals surface area contributed by atoms with Crippen LogP contribution in [0.5, 0.6) is 0 Å². The molecule has 0 spiro atoms. The van der Waals surface area contributed by atoms with Crippen molar-refractivity contribution in [3.05, 3.63) is 59.1 Å². The van der Waals surface area contributed by atoms with Crippen molar-refractivity contribution in [3.8, 4) is 22.8 Å². The number of carbonyl (C=O) groups excluding carboxylic acids is 1. The van der Waals surface area contributed by atoms with Crippen LogP contribution in [0.4, 0.5) is 0 Å². The van der Waals surface area contributed by atoms with Gasteiger partial charge < -0.3 is 9.42 Å². The lowest BCUT2D eigenvalue weighted by atomic mass is 10.1. The van der Waals surface area contributed by atoms with Crippen molar-refractivity contribution < 1.29 is 9.32 Å². The number of benzene rings is 2. The van der Waals surface area contributed by atoms with Gasteiger partial charge in [-0.2, -0.15) is 4.98 Å². The first-order valence-electron chi connectivity index (χ1n) is 8.12. The molecule has 1 aromatic heterocycles. The standard InChI is InChI=1S/C19H18ClN3O2/c1-3-23(4-2)19(24)16-8-6-5-7-15(16)18-21-17(22-25-18)13-9-11-14(20)12-10-13/h5-12H,3-4H2,1-2H3. The molecule has 25 heavy (non-hydrogen) atoms. The van der Waals surface area contributed by atoms with Crippen LogP contribution in [0.3, 0.4) is 0 Å². The van der Waals surface area contributed by atoms with E-state index in [0.717, 1.165) is 5.56 Å². The fourth-order valence-electron chi connectivity index (χ4n) is 2.59. The van der Waals surface area contributed by atoms with Crippen LogP contribution in [-0.2, 0) is 0 Å². The molecule has 2 aromatic carbocycles. The second-order valence-electron chi connectivity index (χ2n) is 5.45. The van der Waals surface area contributed by atoms with Crippen molar-refractivity contribution in [3.63, 3.8) is 0 Å². The van der Waals surface area contributed by atoms with Crippen LogP contribution in [0.25, 0.3) is 22.8 Å². The highest BCUT2D eigenvalue weighted by Gasteiger charge is 2.20. The first-order chi connectivity index (χ1) is 12.1. The molecule has 5 nitrogen and oxygen atoms in total. The minimum absolute atomic E-state index is 0.0492. The molecule has 128 valence electrons. The maximum absolute atomic E-state index is 12.7. The summed E-state index contributed by atoms with van der Waals surface area (Å²) in [5.74, 6) is 0.727. The minimum atomic E-state index is -0.0492. The summed E-state index contributed by atoms with van der Waals surface area (Å²) in [5.41, 5.74) is 1.98. The van der Waals surface area contributed by atoms with E-state index < -0.39 is 0 Å². The van der Waals surface area contributed by atoms with Crippen molar-refractivity contribution in [2.75, 3.05) is 13.1 Å². The third kappa shape index (κ3) is 3.56. The lowest BCUT2D eigenvalue weighted by Gasteiger charge is -2.19. The molecule has 0 aliphatic carbocycles. The van der Waals surface area contributed by atoms with Crippen LogP contribution in [-0.4, -0.2) is 34.0 Å². The van der Waals surface area contributed by atoms with Crippen LogP contribution in [0.2, 0.25) is 5.02 Å². The van der Waals surface area contributed by atoms with Gasteiger partial charge in [-0.15, -0.1) is 0 Å². The quantitative estimate of drug-likeness (QED) is 0.674. The molecular formula is C19H18ClN3O2. The average Bonchev–Trinajstić information content (AvgIpc) is 3.13. The minimum Gasteiger partial charge on any atom is -0.339 e. The number of nitrogens with zero attached hydrogens (tertiary/aromatic N) is 3. The predicted octanol–water partition coefficient (Wildman–Crippen LogP) is 4.54. The summed E-state index contributed by atoms with van der Waals surface area (Å²) in [5, 5.41) is 4.67. The van der Waals surface area contributed by atoms with Gasteiger partial charge in [-0.05, 0) is 50.2 Å². The number of amides is 1. The van der Waals surface area contributed by atoms with E-state index in [1.807, 2.05) is 44.2 Å². The van der Waals surface area contributed by atoms with Gasteiger partial charge in [0.2, 0.25) is 5.82 Å². The van der Waals surface area contributed by atoms with Crippen LogP contribution in [0, 0.1) is 0 Å². The first kappa shape index (κ1) is 17.2. The lowest BCUT2D eigenvalue weighted by Crippen LogP contribution is -2.30. The van der Waals surface area contributed by atoms with Gasteiger partial charge in [0.1, 0.15) is 0 Å². The number of carbonyl (C=O) groups is 1. The van der Waals surface area contributed by atoms with Gasteiger partial charge in [-0.1, -0.05) is 28.9 Å². The highest BCUT2D eigenvalue weighted by Crippen LogP contribution is 2.26. The molecule has 0 unspecified atom stereocenters. The van der Waals surface area contributed by atoms with E-state index in [1.54, 1.807) is 23.1 Å². The molecule has 0 N–H and O–H groups in total. The Morgan fingerprint density at radius 1 is 1.08 bits per heavy atom. The third-order valence-corrected chi connectivity index (χ3v) is 4.22. The Morgan fingerprint density at radius 3 is 2.44 bits per heavy atom. The molecule has 0 fully saturated rings. The normalized spacial score (nSPS) is 10.7. The van der Waals surface area contributed by atoms with Crippen LogP contribution >= 0.6 is 11.6 Å². The molecule has 0 bridgehead atoms. The zero-order chi connectivity index (χ0) is 17.8. The van der Waals surface area contributed by atoms with Gasteiger partial charge in [-0.3, -0.25) is 4.79 Å². The van der Waals surface area contributed by atoms with Gasteiger partial charge in [0.15, 0.2) is 0 Å². The maximum atomic E-state index is 12.7. The van der Waals surface area contributed by atoms with Crippen molar-refractivity contribution in [2.24, 2.45) is 0 Å². The largest absolute Gasteiger partial charge is 0.339 e. The fraction of sp³-hybridized carbons (Fsp3) is 0.211. The van der Waals surface area contributed by atoms with Gasteiger partial charge >= 0.3 is 0 Å². The second-order valence-corrected chi connectivity index (χ2v) is 5.89. The van der Waals surface area contributed by atoms with E-state index >= 15 is 0 Å². The molecule has 0 saturated heterocycles. The van der Waals surface area contributed by atoms with Crippen molar-refractivity contribution in [1.82, 2.24) is 15.0 Å². The van der Waals surface area contributed by atoms with Gasteiger partial charge in [-0.25, -0.2) is 0 Å². The Kier molecular flexibility index (Phi) is 5.14. The molecule has 0 radical (unpaired) electrons. The molecule has 1 heterocycles. The number of rotatable bonds is 5. The number of hydrogen-bond acceptors (Lipinski definition) is 4. The van der Waals surface area contributed by atoms with Crippen LogP contribution in [0.15, 0.2) is 53.1 Å². The summed E-state index contributed by atoms with van der Waals surface area (Å²) in [4.78, 5) is 18.9. The smallest absolute Gasteiger partial charge is 0.259 e. The molecule has 0 atom stereocenters. The van der Waals surface area contributed by atoms with Crippen molar-refractivity contribution in [1.29, 1.82) is 0 Å². The zero-order valence-corrected chi connectivity index (χ0v) is 14.8. The highest BCUT2D eigenvalue weighted by atomic mass is 35.5. The van der Waals surface area contributed by atoms with Crippen molar-refractivity contribution in [2.45, 2.75) is 13.8 Å². The van der Waals surface area contributed by atoms with Crippen molar-refractivity contribution >= 4 is 17.5 Å². The fourth-order valence-corrected chi connectivity index (χ4v) is 2.71. The van der Waals surface area contributed by atoms with E-state index in [-0.39, 0.29) is 5.91 Å². The zero-order valence-electron chi connectivity index (χ0n) is 14.1. The molecule has 3 rings (SSSR count). The Hall–Kier alpha value is -2.66. The van der Waals surface area contributed by atoms with Crippen LogP contribution < -0.4 is 0 Å². The number of halogens is 1. The number of hydrogen-bond donors (Lipinski definition) is 0. The Balaban J connectivity index is 1.98. The summed E-state index contributed by atoms with van der Waals surface area (Å²) < 4.78 is 5.41. The summed E-state index contributed by atoms with van der Waals surface area (Å²) in [6.07, 6.45) is 0. The Bertz CT molecular complexity index is 870. The summed E-state index contributed by atoms with van der Waals surface area (Å²) in [6.45, 7) is 5.19. The first-order valence-corrected chi connectivity index (χ1v) is 8.50. The summed E-state index contributed by atoms with van der Waals surface area (Å²) >= 11 is 5.91. The van der Waals surface area contributed by atoms with E-state index in [9.17, 15) is 4.79 Å². The Morgan fingerprint density at radius 2 is 1.76 bits per heavy atom. The third-order valence-electron chi connectivity index (χ3n) is 3.97. The molecule has 6 heteroatoms. The Labute approximate surface area is 151 Å². The second kappa shape index (κ2) is 7.49. The van der Waals surface area contributed by atoms with E-state index in [1.165, 1.54) is 0 Å². The molecule has 0 aliphatic heterocycles. The molecule has 1 amide bonds. The maximum Gasteiger partial charge on any atom is 0.259 e. The van der Waals surface area contributed by atoms with E-state index in [2.05, 4.69) is 10.1 Å². The SMILES string of the molecule is CCN(CC)C(=O)c1ccccc1-c1nc(-c2ccc(Cl)cc2)no1. The van der Waals surface area contributed by atoms with E-state index in [4.69, 9.17) is 16.1 Å². The molecule has 0 aliphatic rings. The predicted molar refractivity (Wildman–Crippen MR) is 97.4 cm³/mol. The monoisotopic (exact) mass is 355 g/mol. The van der Waals surface area contributed by atoms with Gasteiger partial charge in [0.05, 0.1) is 11.1 Å². The van der Waals surface area contributed by atoms with Gasteiger partial charge in [0, 0.05) is 23.7 Å². The molecule has 0 saturated carbocycles. The molecular weight excluding hydrogens is 338 g/mol. The summed E-state index contributed by atoms with van der Waals surface area (Å²) in [6, 6.07) is 14.5.